The molecular formula is C28H34N4O2. The number of para-hydroxylation sites is 1. The van der Waals surface area contributed by atoms with Gasteiger partial charge in [-0.05, 0) is 30.9 Å². The number of amides is 2. The number of anilines is 1. The van der Waals surface area contributed by atoms with Gasteiger partial charge < -0.3 is 16.0 Å². The molecule has 0 unspecified atom stereocenters. The first-order chi connectivity index (χ1) is 16.5. The van der Waals surface area contributed by atoms with Crippen LogP contribution in [0.5, 0.6) is 0 Å². The standard InChI is InChI=1S/C28H34N4O2/c29-21-28(31-25(33)13-16-27(26(30)34)14-7-2-8-15-27)17-19-32(20-18-28)24-12-6-5-11-23(24)22-9-3-1-4-10-22/h1,3-6,9-12H,2,7-8,13-20H2,(H2,30,34)(H,31,33). The molecule has 0 radical (unpaired) electrons. The van der Waals surface area contributed by atoms with E-state index in [1.165, 1.54) is 5.56 Å². The summed E-state index contributed by atoms with van der Waals surface area (Å²) in [7, 11) is 0. The third kappa shape index (κ3) is 5.09. The first-order valence-corrected chi connectivity index (χ1v) is 12.4. The minimum absolute atomic E-state index is 0.161. The highest BCUT2D eigenvalue weighted by Gasteiger charge is 2.40. The van der Waals surface area contributed by atoms with Gasteiger partial charge in [-0.3, -0.25) is 9.59 Å². The molecule has 0 bridgehead atoms. The van der Waals surface area contributed by atoms with Crippen molar-refractivity contribution in [2.75, 3.05) is 18.0 Å². The molecule has 178 valence electrons. The van der Waals surface area contributed by atoms with Crippen molar-refractivity contribution in [3.8, 4) is 17.2 Å². The number of hydrogen-bond donors (Lipinski definition) is 2. The van der Waals surface area contributed by atoms with Crippen molar-refractivity contribution in [3.05, 3.63) is 54.6 Å². The molecule has 2 amide bonds. The van der Waals surface area contributed by atoms with Gasteiger partial charge in [-0.15, -0.1) is 0 Å². The van der Waals surface area contributed by atoms with Gasteiger partial charge in [0.05, 0.1) is 6.07 Å². The van der Waals surface area contributed by atoms with E-state index in [2.05, 4.69) is 40.6 Å². The first-order valence-electron chi connectivity index (χ1n) is 12.4. The van der Waals surface area contributed by atoms with Crippen molar-refractivity contribution in [1.82, 2.24) is 5.32 Å². The molecule has 2 aromatic carbocycles. The van der Waals surface area contributed by atoms with Crippen LogP contribution in [-0.4, -0.2) is 30.4 Å². The Morgan fingerprint density at radius 1 is 0.941 bits per heavy atom. The lowest BCUT2D eigenvalue weighted by molar-refractivity contribution is -0.131. The Morgan fingerprint density at radius 3 is 2.24 bits per heavy atom. The van der Waals surface area contributed by atoms with Gasteiger partial charge in [0.15, 0.2) is 0 Å². The molecule has 2 aromatic rings. The van der Waals surface area contributed by atoms with Gasteiger partial charge in [-0.2, -0.15) is 5.26 Å². The summed E-state index contributed by atoms with van der Waals surface area (Å²) in [5.41, 5.74) is 7.75. The molecular weight excluding hydrogens is 424 g/mol. The quantitative estimate of drug-likeness (QED) is 0.636. The van der Waals surface area contributed by atoms with Crippen LogP contribution in [-0.2, 0) is 9.59 Å². The van der Waals surface area contributed by atoms with Crippen LogP contribution in [0.1, 0.15) is 57.8 Å². The second kappa shape index (κ2) is 10.3. The van der Waals surface area contributed by atoms with Gasteiger partial charge in [0.25, 0.3) is 0 Å². The number of primary amides is 1. The second-order valence-electron chi connectivity index (χ2n) is 9.82. The van der Waals surface area contributed by atoms with Gasteiger partial charge in [-0.1, -0.05) is 67.8 Å². The van der Waals surface area contributed by atoms with Gasteiger partial charge in [0.2, 0.25) is 11.8 Å². The number of nitriles is 1. The van der Waals surface area contributed by atoms with Crippen LogP contribution in [0.2, 0.25) is 0 Å². The summed E-state index contributed by atoms with van der Waals surface area (Å²) in [6.07, 6.45) is 6.39. The molecule has 2 fully saturated rings. The summed E-state index contributed by atoms with van der Waals surface area (Å²) >= 11 is 0. The molecule has 1 aliphatic heterocycles. The number of benzene rings is 2. The Morgan fingerprint density at radius 2 is 1.59 bits per heavy atom. The van der Waals surface area contributed by atoms with Crippen molar-refractivity contribution in [2.24, 2.45) is 11.1 Å². The number of nitrogens with zero attached hydrogens (tertiary/aromatic N) is 2. The highest BCUT2D eigenvalue weighted by Crippen LogP contribution is 2.40. The van der Waals surface area contributed by atoms with Crippen LogP contribution >= 0.6 is 0 Å². The normalized spacial score (nSPS) is 19.1. The SMILES string of the molecule is N#CC1(NC(=O)CCC2(C(N)=O)CCCCC2)CCN(c2ccccc2-c2ccccc2)CC1. The molecule has 4 rings (SSSR count). The van der Waals surface area contributed by atoms with E-state index in [9.17, 15) is 14.9 Å². The Hall–Kier alpha value is -3.33. The number of hydrogen-bond acceptors (Lipinski definition) is 4. The highest BCUT2D eigenvalue weighted by molar-refractivity contribution is 5.83. The van der Waals surface area contributed by atoms with E-state index in [1.807, 2.05) is 30.3 Å². The third-order valence-electron chi connectivity index (χ3n) is 7.70. The van der Waals surface area contributed by atoms with Crippen molar-refractivity contribution < 1.29 is 9.59 Å². The summed E-state index contributed by atoms with van der Waals surface area (Å²) in [5, 5.41) is 13.0. The van der Waals surface area contributed by atoms with E-state index in [0.717, 1.165) is 43.4 Å². The Labute approximate surface area is 202 Å². The first kappa shape index (κ1) is 23.8. The lowest BCUT2D eigenvalue weighted by Crippen LogP contribution is -2.54. The Balaban J connectivity index is 1.39. The lowest BCUT2D eigenvalue weighted by Gasteiger charge is -2.40. The maximum Gasteiger partial charge on any atom is 0.223 e. The van der Waals surface area contributed by atoms with Gasteiger partial charge in [0, 0.05) is 49.0 Å². The average Bonchev–Trinajstić information content (AvgIpc) is 2.89. The molecule has 1 heterocycles. The van der Waals surface area contributed by atoms with Crippen molar-refractivity contribution in [1.29, 1.82) is 5.26 Å². The average molecular weight is 459 g/mol. The van der Waals surface area contributed by atoms with Crippen molar-refractivity contribution in [3.63, 3.8) is 0 Å². The Bertz CT molecular complexity index is 1050. The zero-order valence-corrected chi connectivity index (χ0v) is 19.8. The van der Waals surface area contributed by atoms with Crippen LogP contribution in [0.4, 0.5) is 5.69 Å². The Kier molecular flexibility index (Phi) is 7.21. The van der Waals surface area contributed by atoms with E-state index in [1.54, 1.807) is 0 Å². The summed E-state index contributed by atoms with van der Waals surface area (Å²) < 4.78 is 0. The summed E-state index contributed by atoms with van der Waals surface area (Å²) in [5.74, 6) is -0.453. The van der Waals surface area contributed by atoms with Crippen LogP contribution in [0, 0.1) is 16.7 Å². The third-order valence-corrected chi connectivity index (χ3v) is 7.70. The molecule has 0 atom stereocenters. The predicted molar refractivity (Wildman–Crippen MR) is 134 cm³/mol. The number of rotatable bonds is 7. The van der Waals surface area contributed by atoms with E-state index in [0.29, 0.717) is 32.4 Å². The molecule has 0 aromatic heterocycles. The fraction of sp³-hybridized carbons (Fsp3) is 0.464. The topological polar surface area (TPSA) is 99.2 Å². The summed E-state index contributed by atoms with van der Waals surface area (Å²) in [6, 6.07) is 21.0. The van der Waals surface area contributed by atoms with Gasteiger partial charge >= 0.3 is 0 Å². The van der Waals surface area contributed by atoms with Crippen molar-refractivity contribution in [2.45, 2.75) is 63.3 Å². The van der Waals surface area contributed by atoms with E-state index in [4.69, 9.17) is 5.73 Å². The molecule has 1 saturated carbocycles. The zero-order valence-electron chi connectivity index (χ0n) is 19.8. The zero-order chi connectivity index (χ0) is 24.0. The van der Waals surface area contributed by atoms with Crippen LogP contribution in [0.25, 0.3) is 11.1 Å². The van der Waals surface area contributed by atoms with Crippen LogP contribution in [0.15, 0.2) is 54.6 Å². The minimum atomic E-state index is -0.873. The second-order valence-corrected chi connectivity index (χ2v) is 9.82. The van der Waals surface area contributed by atoms with Crippen LogP contribution < -0.4 is 16.0 Å². The van der Waals surface area contributed by atoms with Crippen molar-refractivity contribution >= 4 is 17.5 Å². The molecule has 0 spiro atoms. The summed E-state index contributed by atoms with van der Waals surface area (Å²) in [6.45, 7) is 1.37. The molecule has 2 aliphatic rings. The van der Waals surface area contributed by atoms with E-state index >= 15 is 0 Å². The number of piperidine rings is 1. The molecule has 1 saturated heterocycles. The van der Waals surface area contributed by atoms with Gasteiger partial charge in [-0.25, -0.2) is 0 Å². The largest absolute Gasteiger partial charge is 0.371 e. The number of nitrogens with two attached hydrogens (primary N) is 1. The molecule has 6 heteroatoms. The molecule has 34 heavy (non-hydrogen) atoms. The molecule has 3 N–H and O–H groups in total. The van der Waals surface area contributed by atoms with Crippen LogP contribution in [0.3, 0.4) is 0 Å². The highest BCUT2D eigenvalue weighted by atomic mass is 16.2. The number of carbonyl (C=O) groups excluding carboxylic acids is 2. The summed E-state index contributed by atoms with van der Waals surface area (Å²) in [4.78, 5) is 27.3. The molecule has 6 nitrogen and oxygen atoms in total. The maximum absolute atomic E-state index is 12.8. The van der Waals surface area contributed by atoms with E-state index in [-0.39, 0.29) is 18.2 Å². The van der Waals surface area contributed by atoms with E-state index < -0.39 is 11.0 Å². The number of nitrogens with one attached hydrogen (secondary N) is 1. The fourth-order valence-corrected chi connectivity index (χ4v) is 5.54. The number of carbonyl (C=O) groups is 2. The smallest absolute Gasteiger partial charge is 0.223 e. The monoisotopic (exact) mass is 458 g/mol. The minimum Gasteiger partial charge on any atom is -0.371 e. The van der Waals surface area contributed by atoms with Gasteiger partial charge in [0.1, 0.15) is 5.54 Å². The predicted octanol–water partition coefficient (Wildman–Crippen LogP) is 4.55. The maximum atomic E-state index is 12.8. The lowest BCUT2D eigenvalue weighted by atomic mass is 9.70. The fourth-order valence-electron chi connectivity index (χ4n) is 5.54. The molecule has 1 aliphatic carbocycles.